The molecule has 0 saturated carbocycles. The summed E-state index contributed by atoms with van der Waals surface area (Å²) in [5.41, 5.74) is 3.90. The second kappa shape index (κ2) is 6.19. The van der Waals surface area contributed by atoms with Crippen LogP contribution in [0, 0.1) is 5.41 Å². The lowest BCUT2D eigenvalue weighted by atomic mass is 9.74. The van der Waals surface area contributed by atoms with Crippen molar-refractivity contribution in [3.05, 3.63) is 47.8 Å². The molecule has 0 amide bonds. The molecule has 0 aromatic carbocycles. The molecule has 1 N–H and O–H groups in total. The smallest absolute Gasteiger partial charge is 0.142 e. The molecule has 0 spiro atoms. The summed E-state index contributed by atoms with van der Waals surface area (Å²) in [4.78, 5) is 21.1. The summed E-state index contributed by atoms with van der Waals surface area (Å²) in [6.45, 7) is 6.02. The van der Waals surface area contributed by atoms with E-state index in [1.54, 1.807) is 0 Å². The van der Waals surface area contributed by atoms with Gasteiger partial charge in [0.05, 0.1) is 5.52 Å². The summed E-state index contributed by atoms with van der Waals surface area (Å²) in [7, 11) is 1.85. The molecule has 0 fully saturated rings. The molecule has 3 rings (SSSR count). The van der Waals surface area contributed by atoms with Crippen molar-refractivity contribution in [3.63, 3.8) is 0 Å². The van der Waals surface area contributed by atoms with Crippen LogP contribution in [0.4, 0.5) is 5.82 Å². The van der Waals surface area contributed by atoms with E-state index in [9.17, 15) is 4.79 Å². The number of rotatable bonds is 4. The maximum Gasteiger partial charge on any atom is 0.142 e. The first kappa shape index (κ1) is 16.4. The Kier molecular flexibility index (Phi) is 4.22. The third-order valence-corrected chi connectivity index (χ3v) is 4.78. The van der Waals surface area contributed by atoms with Gasteiger partial charge in [-0.25, -0.2) is 4.98 Å². The molecule has 1 aliphatic carbocycles. The Morgan fingerprint density at radius 3 is 2.75 bits per heavy atom. The standard InChI is InChI=1S/C20H23N3O/c1-5-18(24)20(3)7-6-16(13(2)10-20)14-8-15-12-23-19(21-4)9-17(15)22-11-14/h6,8-12H,5,7H2,1-4H3,(H,21,23). The molecule has 1 aliphatic rings. The van der Waals surface area contributed by atoms with Crippen molar-refractivity contribution in [3.8, 4) is 0 Å². The monoisotopic (exact) mass is 321 g/mol. The number of Topliss-reactive ketones (excluding diaryl/α,β-unsaturated/α-hetero) is 1. The van der Waals surface area contributed by atoms with E-state index in [0.29, 0.717) is 6.42 Å². The van der Waals surface area contributed by atoms with Gasteiger partial charge in [-0.1, -0.05) is 19.1 Å². The third-order valence-electron chi connectivity index (χ3n) is 4.78. The van der Waals surface area contributed by atoms with Crippen LogP contribution in [0.25, 0.3) is 16.5 Å². The summed E-state index contributed by atoms with van der Waals surface area (Å²) in [5.74, 6) is 1.10. The molecule has 4 heteroatoms. The van der Waals surface area contributed by atoms with E-state index in [1.807, 2.05) is 39.4 Å². The SMILES string of the molecule is CCC(=O)C1(C)C=C(C)C(c2cnc3cc(NC)ncc3c2)=CC1. The lowest BCUT2D eigenvalue weighted by Gasteiger charge is -2.28. The zero-order valence-electron chi connectivity index (χ0n) is 14.7. The highest BCUT2D eigenvalue weighted by atomic mass is 16.1. The zero-order valence-corrected chi connectivity index (χ0v) is 14.7. The van der Waals surface area contributed by atoms with E-state index in [2.05, 4.69) is 40.4 Å². The van der Waals surface area contributed by atoms with Crippen molar-refractivity contribution in [1.29, 1.82) is 0 Å². The van der Waals surface area contributed by atoms with E-state index >= 15 is 0 Å². The molecule has 1 unspecified atom stereocenters. The first-order valence-corrected chi connectivity index (χ1v) is 8.34. The van der Waals surface area contributed by atoms with Gasteiger partial charge in [0, 0.05) is 48.3 Å². The number of carbonyl (C=O) groups excluding carboxylic acids is 1. The minimum Gasteiger partial charge on any atom is -0.373 e. The van der Waals surface area contributed by atoms with Crippen LogP contribution in [-0.4, -0.2) is 22.8 Å². The molecular formula is C20H23N3O. The molecule has 2 aromatic heterocycles. The average Bonchev–Trinajstić information content (AvgIpc) is 2.60. The fraction of sp³-hybridized carbons (Fsp3) is 0.350. The first-order chi connectivity index (χ1) is 11.5. The van der Waals surface area contributed by atoms with E-state index in [1.165, 1.54) is 0 Å². The molecule has 0 aliphatic heterocycles. The highest BCUT2D eigenvalue weighted by Crippen LogP contribution is 2.38. The zero-order chi connectivity index (χ0) is 17.3. The van der Waals surface area contributed by atoms with E-state index < -0.39 is 0 Å². The summed E-state index contributed by atoms with van der Waals surface area (Å²) in [5, 5.41) is 4.04. The van der Waals surface area contributed by atoms with Crippen molar-refractivity contribution in [2.45, 2.75) is 33.6 Å². The van der Waals surface area contributed by atoms with Crippen molar-refractivity contribution < 1.29 is 4.79 Å². The molecule has 2 aromatic rings. The van der Waals surface area contributed by atoms with E-state index in [-0.39, 0.29) is 11.2 Å². The molecule has 0 bridgehead atoms. The fourth-order valence-corrected chi connectivity index (χ4v) is 3.34. The van der Waals surface area contributed by atoms with Crippen molar-refractivity contribution in [1.82, 2.24) is 9.97 Å². The van der Waals surface area contributed by atoms with Crippen LogP contribution in [0.5, 0.6) is 0 Å². The van der Waals surface area contributed by atoms with Gasteiger partial charge in [0.2, 0.25) is 0 Å². The number of allylic oxidation sites excluding steroid dienone is 4. The summed E-state index contributed by atoms with van der Waals surface area (Å²) in [6, 6.07) is 4.05. The molecule has 4 nitrogen and oxygen atoms in total. The number of hydrogen-bond acceptors (Lipinski definition) is 4. The Labute approximate surface area is 142 Å². The first-order valence-electron chi connectivity index (χ1n) is 8.34. The molecule has 0 radical (unpaired) electrons. The van der Waals surface area contributed by atoms with E-state index in [0.717, 1.165) is 39.9 Å². The van der Waals surface area contributed by atoms with Crippen LogP contribution in [0.15, 0.2) is 42.3 Å². The maximum absolute atomic E-state index is 12.2. The summed E-state index contributed by atoms with van der Waals surface area (Å²) in [6.07, 6.45) is 9.32. The number of aromatic nitrogens is 2. The number of pyridine rings is 2. The van der Waals surface area contributed by atoms with Crippen LogP contribution in [0.3, 0.4) is 0 Å². The van der Waals surface area contributed by atoms with Crippen molar-refractivity contribution >= 4 is 28.1 Å². The largest absolute Gasteiger partial charge is 0.373 e. The molecular weight excluding hydrogens is 298 g/mol. The molecule has 1 atom stereocenters. The number of hydrogen-bond donors (Lipinski definition) is 1. The normalized spacial score (nSPS) is 20.5. The number of fused-ring (bicyclic) bond motifs is 1. The number of nitrogens with zero attached hydrogens (tertiary/aromatic N) is 2. The van der Waals surface area contributed by atoms with Gasteiger partial charge in [-0.15, -0.1) is 0 Å². The highest BCUT2D eigenvalue weighted by Gasteiger charge is 2.31. The maximum atomic E-state index is 12.2. The minimum absolute atomic E-state index is 0.289. The van der Waals surface area contributed by atoms with E-state index in [4.69, 9.17) is 0 Å². The number of ketones is 1. The van der Waals surface area contributed by atoms with Crippen LogP contribution < -0.4 is 5.32 Å². The lowest BCUT2D eigenvalue weighted by molar-refractivity contribution is -0.125. The Morgan fingerprint density at radius 1 is 1.29 bits per heavy atom. The predicted molar refractivity (Wildman–Crippen MR) is 98.8 cm³/mol. The van der Waals surface area contributed by atoms with Gasteiger partial charge in [0.15, 0.2) is 0 Å². The number of carbonyl (C=O) groups is 1. The van der Waals surface area contributed by atoms with Gasteiger partial charge >= 0.3 is 0 Å². The summed E-state index contributed by atoms with van der Waals surface area (Å²) >= 11 is 0. The molecule has 2 heterocycles. The van der Waals surface area contributed by atoms with Gasteiger partial charge in [-0.05, 0) is 37.5 Å². The quantitative estimate of drug-likeness (QED) is 0.907. The van der Waals surface area contributed by atoms with Gasteiger partial charge in [0.1, 0.15) is 11.6 Å². The van der Waals surface area contributed by atoms with Crippen molar-refractivity contribution in [2.24, 2.45) is 5.41 Å². The Hall–Kier alpha value is -2.49. The second-order valence-electron chi connectivity index (χ2n) is 6.58. The Bertz CT molecular complexity index is 866. The van der Waals surface area contributed by atoms with Crippen LogP contribution in [0.1, 0.15) is 39.2 Å². The summed E-state index contributed by atoms with van der Waals surface area (Å²) < 4.78 is 0. The molecule has 24 heavy (non-hydrogen) atoms. The molecule has 0 saturated heterocycles. The lowest BCUT2D eigenvalue weighted by Crippen LogP contribution is -2.26. The van der Waals surface area contributed by atoms with Crippen LogP contribution >= 0.6 is 0 Å². The number of anilines is 1. The van der Waals surface area contributed by atoms with Crippen molar-refractivity contribution in [2.75, 3.05) is 12.4 Å². The Morgan fingerprint density at radius 2 is 2.08 bits per heavy atom. The average molecular weight is 321 g/mol. The fourth-order valence-electron chi connectivity index (χ4n) is 3.34. The number of nitrogens with one attached hydrogen (secondary N) is 1. The third kappa shape index (κ3) is 2.84. The predicted octanol–water partition coefficient (Wildman–Crippen LogP) is 4.39. The molecule has 124 valence electrons. The van der Waals surface area contributed by atoms with Gasteiger partial charge in [0.25, 0.3) is 0 Å². The van der Waals surface area contributed by atoms with Crippen LogP contribution in [-0.2, 0) is 4.79 Å². The van der Waals surface area contributed by atoms with Gasteiger partial charge in [-0.3, -0.25) is 9.78 Å². The highest BCUT2D eigenvalue weighted by molar-refractivity contribution is 5.92. The van der Waals surface area contributed by atoms with Gasteiger partial charge < -0.3 is 5.32 Å². The Balaban J connectivity index is 1.97. The second-order valence-corrected chi connectivity index (χ2v) is 6.58. The van der Waals surface area contributed by atoms with Gasteiger partial charge in [-0.2, -0.15) is 0 Å². The van der Waals surface area contributed by atoms with Crippen LogP contribution in [0.2, 0.25) is 0 Å². The topological polar surface area (TPSA) is 54.9 Å². The minimum atomic E-state index is -0.379.